The first-order valence-corrected chi connectivity index (χ1v) is 9.43. The summed E-state index contributed by atoms with van der Waals surface area (Å²) in [5, 5.41) is 0. The molecule has 29 heavy (non-hydrogen) atoms. The Kier molecular flexibility index (Phi) is 4.61. The molecule has 2 aliphatic rings. The van der Waals surface area contributed by atoms with Crippen LogP contribution in [0.2, 0.25) is 0 Å². The lowest BCUT2D eigenvalue weighted by Crippen LogP contribution is -2.42. The van der Waals surface area contributed by atoms with Crippen LogP contribution in [0.1, 0.15) is 22.3 Å². The molecule has 0 saturated carbocycles. The van der Waals surface area contributed by atoms with E-state index in [9.17, 15) is 9.59 Å². The number of ether oxygens (including phenoxy) is 3. The van der Waals surface area contributed by atoms with Crippen molar-refractivity contribution in [2.24, 2.45) is 0 Å². The summed E-state index contributed by atoms with van der Waals surface area (Å²) in [6.45, 7) is 0.840. The number of amides is 2. The first kappa shape index (κ1) is 19.1. The second-order valence-electron chi connectivity index (χ2n) is 7.38. The number of methoxy groups -OCH3 is 3. The Hall–Kier alpha value is -3.22. The van der Waals surface area contributed by atoms with E-state index >= 15 is 0 Å². The molecule has 0 bridgehead atoms. The van der Waals surface area contributed by atoms with E-state index in [1.54, 1.807) is 49.3 Å². The second-order valence-corrected chi connectivity index (χ2v) is 7.38. The zero-order chi connectivity index (χ0) is 20.8. The van der Waals surface area contributed by atoms with E-state index in [-0.39, 0.29) is 11.8 Å². The molecule has 1 atom stereocenters. The molecule has 7 heteroatoms. The number of hydrogen-bond donors (Lipinski definition) is 0. The van der Waals surface area contributed by atoms with Gasteiger partial charge in [0.15, 0.2) is 11.5 Å². The van der Waals surface area contributed by atoms with Gasteiger partial charge in [-0.05, 0) is 48.4 Å². The fraction of sp³-hybridized carbons (Fsp3) is 0.364. The molecular weight excluding hydrogens is 372 g/mol. The average molecular weight is 396 g/mol. The fourth-order valence-corrected chi connectivity index (χ4v) is 4.39. The number of fused-ring (bicyclic) bond motifs is 2. The highest BCUT2D eigenvalue weighted by Gasteiger charge is 2.54. The van der Waals surface area contributed by atoms with Gasteiger partial charge in [-0.25, -0.2) is 0 Å². The molecule has 0 unspecified atom stereocenters. The molecule has 4 rings (SSSR count). The smallest absolute Gasteiger partial charge is 0.254 e. The second kappa shape index (κ2) is 6.99. The van der Waals surface area contributed by atoms with Gasteiger partial charge in [-0.15, -0.1) is 0 Å². The third-order valence-electron chi connectivity index (χ3n) is 5.98. The summed E-state index contributed by atoms with van der Waals surface area (Å²) >= 11 is 0. The van der Waals surface area contributed by atoms with Crippen molar-refractivity contribution < 1.29 is 23.8 Å². The largest absolute Gasteiger partial charge is 0.497 e. The molecule has 1 saturated heterocycles. The van der Waals surface area contributed by atoms with Crippen molar-refractivity contribution in [3.05, 3.63) is 47.5 Å². The van der Waals surface area contributed by atoms with Crippen LogP contribution in [0.3, 0.4) is 0 Å². The van der Waals surface area contributed by atoms with Crippen LogP contribution in [0.5, 0.6) is 17.2 Å². The number of carbonyl (C=O) groups is 2. The Bertz CT molecular complexity index is 989. The minimum absolute atomic E-state index is 0.0170. The van der Waals surface area contributed by atoms with Gasteiger partial charge in [-0.3, -0.25) is 9.59 Å². The van der Waals surface area contributed by atoms with Gasteiger partial charge < -0.3 is 24.0 Å². The third-order valence-corrected chi connectivity index (χ3v) is 5.98. The summed E-state index contributed by atoms with van der Waals surface area (Å²) in [4.78, 5) is 29.8. The Balaban J connectivity index is 1.66. The summed E-state index contributed by atoms with van der Waals surface area (Å²) in [7, 11) is 6.48. The van der Waals surface area contributed by atoms with Crippen LogP contribution in [0.25, 0.3) is 0 Å². The lowest BCUT2D eigenvalue weighted by atomic mass is 9.81. The maximum Gasteiger partial charge on any atom is 0.254 e. The van der Waals surface area contributed by atoms with Crippen LogP contribution < -0.4 is 19.1 Å². The molecule has 0 N–H and O–H groups in total. The van der Waals surface area contributed by atoms with Crippen molar-refractivity contribution in [2.45, 2.75) is 11.8 Å². The lowest BCUT2D eigenvalue weighted by Gasteiger charge is -2.24. The monoisotopic (exact) mass is 396 g/mol. The number of hydrogen-bond acceptors (Lipinski definition) is 5. The first-order valence-electron chi connectivity index (χ1n) is 9.43. The van der Waals surface area contributed by atoms with Gasteiger partial charge >= 0.3 is 0 Å². The zero-order valence-corrected chi connectivity index (χ0v) is 17.0. The Morgan fingerprint density at radius 2 is 1.76 bits per heavy atom. The highest BCUT2D eigenvalue weighted by atomic mass is 16.5. The van der Waals surface area contributed by atoms with E-state index in [1.807, 2.05) is 18.2 Å². The Morgan fingerprint density at radius 1 is 1.00 bits per heavy atom. The number of nitrogens with zero attached hydrogens (tertiary/aromatic N) is 2. The van der Waals surface area contributed by atoms with E-state index in [0.717, 1.165) is 11.3 Å². The highest BCUT2D eigenvalue weighted by Crippen LogP contribution is 2.48. The van der Waals surface area contributed by atoms with E-state index < -0.39 is 5.41 Å². The maximum absolute atomic E-state index is 13.2. The van der Waals surface area contributed by atoms with Crippen LogP contribution in [0.4, 0.5) is 5.69 Å². The zero-order valence-electron chi connectivity index (χ0n) is 17.0. The average Bonchev–Trinajstić information content (AvgIpc) is 3.30. The molecular formula is C22H24N2O5. The lowest BCUT2D eigenvalue weighted by molar-refractivity contribution is -0.122. The first-order chi connectivity index (χ1) is 13.9. The molecule has 2 amide bonds. The molecule has 0 aliphatic carbocycles. The number of carbonyl (C=O) groups excluding carboxylic acids is 2. The SMILES string of the molecule is COc1ccc2c(c1)[C@@]1(CCN(C(=O)c3ccc(OC)c(OC)c3)C1)C(=O)N2C. The maximum atomic E-state index is 13.2. The summed E-state index contributed by atoms with van der Waals surface area (Å²) in [6, 6.07) is 10.8. The Morgan fingerprint density at radius 3 is 2.45 bits per heavy atom. The number of benzene rings is 2. The summed E-state index contributed by atoms with van der Waals surface area (Å²) < 4.78 is 15.9. The predicted octanol–water partition coefficient (Wildman–Crippen LogP) is 2.47. The van der Waals surface area contributed by atoms with Gasteiger partial charge in [-0.1, -0.05) is 0 Å². The van der Waals surface area contributed by atoms with Crippen molar-refractivity contribution in [3.8, 4) is 17.2 Å². The normalized spacial score (nSPS) is 20.2. The minimum Gasteiger partial charge on any atom is -0.497 e. The van der Waals surface area contributed by atoms with Crippen LogP contribution in [-0.4, -0.2) is 58.2 Å². The number of anilines is 1. The van der Waals surface area contributed by atoms with Crippen molar-refractivity contribution in [1.29, 1.82) is 0 Å². The molecule has 2 aromatic rings. The van der Waals surface area contributed by atoms with E-state index in [1.165, 1.54) is 7.11 Å². The van der Waals surface area contributed by atoms with Gasteiger partial charge in [-0.2, -0.15) is 0 Å². The summed E-state index contributed by atoms with van der Waals surface area (Å²) in [6.07, 6.45) is 0.579. The molecule has 7 nitrogen and oxygen atoms in total. The standard InChI is InChI=1S/C22H24N2O5/c1-23-17-7-6-15(27-2)12-16(17)22(21(23)26)9-10-24(13-22)20(25)14-5-8-18(28-3)19(11-14)29-4/h5-8,11-12H,9-10,13H2,1-4H3/t22-/m0/s1. The summed E-state index contributed by atoms with van der Waals surface area (Å²) in [5.74, 6) is 1.66. The van der Waals surface area contributed by atoms with Gasteiger partial charge in [0.2, 0.25) is 5.91 Å². The van der Waals surface area contributed by atoms with Gasteiger partial charge in [0.25, 0.3) is 5.91 Å². The van der Waals surface area contributed by atoms with Gasteiger partial charge in [0, 0.05) is 31.4 Å². The number of rotatable bonds is 4. The van der Waals surface area contributed by atoms with E-state index in [4.69, 9.17) is 14.2 Å². The quantitative estimate of drug-likeness (QED) is 0.794. The molecule has 152 valence electrons. The Labute approximate surface area is 169 Å². The minimum atomic E-state index is -0.731. The van der Waals surface area contributed by atoms with Crippen LogP contribution in [0.15, 0.2) is 36.4 Å². The third kappa shape index (κ3) is 2.80. The number of likely N-dealkylation sites (N-methyl/N-ethyl adjacent to an activating group) is 1. The molecule has 1 fully saturated rings. The molecule has 2 aromatic carbocycles. The molecule has 2 aliphatic heterocycles. The molecule has 1 spiro atoms. The van der Waals surface area contributed by atoms with Crippen molar-refractivity contribution >= 4 is 17.5 Å². The topological polar surface area (TPSA) is 68.3 Å². The van der Waals surface area contributed by atoms with Crippen molar-refractivity contribution in [2.75, 3.05) is 46.4 Å². The van der Waals surface area contributed by atoms with Gasteiger partial charge in [0.05, 0.1) is 26.7 Å². The van der Waals surface area contributed by atoms with Crippen LogP contribution >= 0.6 is 0 Å². The molecule has 0 radical (unpaired) electrons. The van der Waals surface area contributed by atoms with Crippen molar-refractivity contribution in [3.63, 3.8) is 0 Å². The van der Waals surface area contributed by atoms with E-state index in [0.29, 0.717) is 42.3 Å². The van der Waals surface area contributed by atoms with Gasteiger partial charge in [0.1, 0.15) is 5.75 Å². The highest BCUT2D eigenvalue weighted by molar-refractivity contribution is 6.09. The van der Waals surface area contributed by atoms with Crippen LogP contribution in [0, 0.1) is 0 Å². The fourth-order valence-electron chi connectivity index (χ4n) is 4.39. The van der Waals surface area contributed by atoms with Crippen LogP contribution in [-0.2, 0) is 10.2 Å². The molecule has 2 heterocycles. The predicted molar refractivity (Wildman–Crippen MR) is 108 cm³/mol. The van der Waals surface area contributed by atoms with Crippen molar-refractivity contribution in [1.82, 2.24) is 4.90 Å². The molecule has 0 aromatic heterocycles. The number of likely N-dealkylation sites (tertiary alicyclic amines) is 1. The summed E-state index contributed by atoms with van der Waals surface area (Å²) in [5.41, 5.74) is 1.57. The van der Waals surface area contributed by atoms with E-state index in [2.05, 4.69) is 0 Å².